The smallest absolute Gasteiger partial charge is 0.320 e. The first-order chi connectivity index (χ1) is 15.1. The second-order valence-corrected chi connectivity index (χ2v) is 18.0. The number of hydrogen-bond acceptors (Lipinski definition) is 5. The molecule has 33 heavy (non-hydrogen) atoms. The number of ether oxygens (including phenoxy) is 2. The van der Waals surface area contributed by atoms with Crippen molar-refractivity contribution in [2.45, 2.75) is 109 Å². The molecule has 7 atom stereocenters. The zero-order valence-electron chi connectivity index (χ0n) is 22.0. The SMILES string of the molecule is C=C(C)C1CCC23CCC(CC2O[Si](C)(C)C(C)(C)C)CC32OC(=O)[C@H](C(=O)OC)CC12C. The van der Waals surface area contributed by atoms with Crippen molar-refractivity contribution in [3.8, 4) is 0 Å². The molecule has 4 saturated carbocycles. The first-order valence-electron chi connectivity index (χ1n) is 12.8. The van der Waals surface area contributed by atoms with Crippen LogP contribution in [0.25, 0.3) is 0 Å². The number of fused-ring (bicyclic) bond motifs is 2. The topological polar surface area (TPSA) is 61.8 Å². The van der Waals surface area contributed by atoms with Crippen molar-refractivity contribution in [2.24, 2.45) is 28.6 Å². The summed E-state index contributed by atoms with van der Waals surface area (Å²) in [5.74, 6) is -1.06. The average Bonchev–Trinajstić information content (AvgIpc) is 2.70. The second-order valence-electron chi connectivity index (χ2n) is 13.3. The monoisotopic (exact) mass is 476 g/mol. The van der Waals surface area contributed by atoms with Gasteiger partial charge in [-0.25, -0.2) is 0 Å². The molecule has 1 saturated heterocycles. The molecule has 5 fully saturated rings. The van der Waals surface area contributed by atoms with E-state index >= 15 is 0 Å². The molecule has 0 aromatic heterocycles. The third-order valence-electron chi connectivity index (χ3n) is 10.6. The quantitative estimate of drug-likeness (QED) is 0.214. The van der Waals surface area contributed by atoms with E-state index in [4.69, 9.17) is 13.9 Å². The minimum absolute atomic E-state index is 0.0961. The van der Waals surface area contributed by atoms with Gasteiger partial charge in [0.2, 0.25) is 0 Å². The van der Waals surface area contributed by atoms with Gasteiger partial charge < -0.3 is 13.9 Å². The number of carbonyl (C=O) groups excluding carboxylic acids is 2. The minimum Gasteiger partial charge on any atom is -0.468 e. The Balaban J connectivity index is 1.84. The Kier molecular flexibility index (Phi) is 5.81. The van der Waals surface area contributed by atoms with Crippen molar-refractivity contribution in [3.63, 3.8) is 0 Å². The Morgan fingerprint density at radius 1 is 1.18 bits per heavy atom. The van der Waals surface area contributed by atoms with Crippen LogP contribution in [0.4, 0.5) is 0 Å². The van der Waals surface area contributed by atoms with Crippen LogP contribution in [0.3, 0.4) is 0 Å². The lowest BCUT2D eigenvalue weighted by atomic mass is 9.36. The summed E-state index contributed by atoms with van der Waals surface area (Å²) in [6.45, 7) is 20.2. The molecule has 6 heteroatoms. The molecule has 4 aliphatic carbocycles. The fourth-order valence-electron chi connectivity index (χ4n) is 7.94. The van der Waals surface area contributed by atoms with Gasteiger partial charge in [-0.1, -0.05) is 39.8 Å². The highest BCUT2D eigenvalue weighted by Crippen LogP contribution is 2.74. The van der Waals surface area contributed by atoms with E-state index in [2.05, 4.69) is 54.3 Å². The zero-order valence-corrected chi connectivity index (χ0v) is 23.0. The molecule has 6 unspecified atom stereocenters. The van der Waals surface area contributed by atoms with Gasteiger partial charge in [0.25, 0.3) is 0 Å². The minimum atomic E-state index is -2.02. The number of hydrogen-bond donors (Lipinski definition) is 0. The largest absolute Gasteiger partial charge is 0.468 e. The lowest BCUT2D eigenvalue weighted by Crippen LogP contribution is -2.77. The maximum atomic E-state index is 13.4. The third-order valence-corrected chi connectivity index (χ3v) is 15.1. The van der Waals surface area contributed by atoms with Gasteiger partial charge in [0, 0.05) is 10.8 Å². The predicted molar refractivity (Wildman–Crippen MR) is 131 cm³/mol. The molecule has 0 aromatic carbocycles. The molecule has 1 heterocycles. The van der Waals surface area contributed by atoms with E-state index in [1.807, 2.05) is 0 Å². The molecule has 5 nitrogen and oxygen atoms in total. The fourth-order valence-corrected chi connectivity index (χ4v) is 9.33. The maximum absolute atomic E-state index is 13.4. The third kappa shape index (κ3) is 3.33. The Hall–Kier alpha value is -1.14. The van der Waals surface area contributed by atoms with Crippen LogP contribution in [0.2, 0.25) is 18.1 Å². The van der Waals surface area contributed by atoms with Crippen LogP contribution in [0.1, 0.15) is 79.6 Å². The summed E-state index contributed by atoms with van der Waals surface area (Å²) >= 11 is 0. The van der Waals surface area contributed by atoms with E-state index in [1.165, 1.54) is 13.5 Å². The summed E-state index contributed by atoms with van der Waals surface area (Å²) in [5, 5.41) is 0.116. The Morgan fingerprint density at radius 2 is 1.82 bits per heavy atom. The standard InChI is InChI=1S/C27H44O5Si/c1-17(2)20-11-13-26-12-10-18(14-21(26)32-33(8,9)24(3,4)5)15-27(26)25(20,6)16-19(22(28)30-7)23(29)31-27/h18-21H,1,10-16H2,2-9H3/t18?,19-,20?,21?,25?,26?,27?/m0/s1. The average molecular weight is 477 g/mol. The molecule has 0 aromatic rings. The lowest BCUT2D eigenvalue weighted by molar-refractivity contribution is -0.316. The van der Waals surface area contributed by atoms with Crippen LogP contribution < -0.4 is 0 Å². The Morgan fingerprint density at radius 3 is 2.39 bits per heavy atom. The highest BCUT2D eigenvalue weighted by atomic mass is 28.4. The van der Waals surface area contributed by atoms with E-state index in [1.54, 1.807) is 0 Å². The van der Waals surface area contributed by atoms with Crippen LogP contribution in [0.15, 0.2) is 12.2 Å². The van der Waals surface area contributed by atoms with Crippen LogP contribution in [-0.4, -0.2) is 39.1 Å². The molecule has 0 radical (unpaired) electrons. The number of rotatable bonds is 4. The van der Waals surface area contributed by atoms with Gasteiger partial charge in [-0.05, 0) is 81.8 Å². The number of carbonyl (C=O) groups is 2. The van der Waals surface area contributed by atoms with Crippen molar-refractivity contribution in [1.82, 2.24) is 0 Å². The van der Waals surface area contributed by atoms with E-state index in [0.717, 1.165) is 37.7 Å². The van der Waals surface area contributed by atoms with E-state index < -0.39 is 31.8 Å². The van der Waals surface area contributed by atoms with Crippen molar-refractivity contribution in [1.29, 1.82) is 0 Å². The summed E-state index contributed by atoms with van der Waals surface area (Å²) < 4.78 is 18.8. The zero-order chi connectivity index (χ0) is 24.6. The highest BCUT2D eigenvalue weighted by molar-refractivity contribution is 6.74. The number of methoxy groups -OCH3 is 1. The van der Waals surface area contributed by atoms with Gasteiger partial charge in [-0.2, -0.15) is 0 Å². The molecule has 2 spiro atoms. The van der Waals surface area contributed by atoms with Crippen LogP contribution in [0.5, 0.6) is 0 Å². The fraction of sp³-hybridized carbons (Fsp3) is 0.852. The Bertz CT molecular complexity index is 859. The summed E-state index contributed by atoms with van der Waals surface area (Å²) in [6, 6.07) is 0. The van der Waals surface area contributed by atoms with Crippen molar-refractivity contribution in [2.75, 3.05) is 7.11 Å². The number of esters is 2. The summed E-state index contributed by atoms with van der Waals surface area (Å²) in [6.07, 6.45) is 6.69. The van der Waals surface area contributed by atoms with Gasteiger partial charge in [-0.3, -0.25) is 9.59 Å². The second kappa shape index (κ2) is 7.68. The first kappa shape index (κ1) is 25.0. The van der Waals surface area contributed by atoms with E-state index in [9.17, 15) is 9.59 Å². The molecule has 0 N–H and O–H groups in total. The van der Waals surface area contributed by atoms with Crippen LogP contribution >= 0.6 is 0 Å². The van der Waals surface area contributed by atoms with Gasteiger partial charge >= 0.3 is 11.9 Å². The van der Waals surface area contributed by atoms with Crippen LogP contribution in [0, 0.1) is 28.6 Å². The van der Waals surface area contributed by atoms with Gasteiger partial charge in [0.05, 0.1) is 13.2 Å². The number of allylic oxidation sites excluding steroid dienone is 1. The summed E-state index contributed by atoms with van der Waals surface area (Å²) in [4.78, 5) is 25.9. The van der Waals surface area contributed by atoms with Crippen LogP contribution in [-0.2, 0) is 23.5 Å². The molecule has 0 amide bonds. The summed E-state index contributed by atoms with van der Waals surface area (Å²) in [5.41, 5.74) is -0.0544. The van der Waals surface area contributed by atoms with Crippen molar-refractivity contribution < 1.29 is 23.5 Å². The van der Waals surface area contributed by atoms with Crippen molar-refractivity contribution in [3.05, 3.63) is 12.2 Å². The highest BCUT2D eigenvalue weighted by Gasteiger charge is 2.77. The molecule has 5 rings (SSSR count). The van der Waals surface area contributed by atoms with Crippen molar-refractivity contribution >= 4 is 20.3 Å². The van der Waals surface area contributed by atoms with Gasteiger partial charge in [0.15, 0.2) is 14.2 Å². The molecule has 2 bridgehead atoms. The molecule has 186 valence electrons. The van der Waals surface area contributed by atoms with Gasteiger partial charge in [0.1, 0.15) is 5.60 Å². The Labute approximate surface area is 201 Å². The predicted octanol–water partition coefficient (Wildman–Crippen LogP) is 6.03. The van der Waals surface area contributed by atoms with E-state index in [-0.39, 0.29) is 27.9 Å². The normalized spacial score (nSPS) is 42.7. The molecular weight excluding hydrogens is 432 g/mol. The summed E-state index contributed by atoms with van der Waals surface area (Å²) in [7, 11) is -0.667. The molecule has 5 aliphatic rings. The van der Waals surface area contributed by atoms with E-state index in [0.29, 0.717) is 12.3 Å². The first-order valence-corrected chi connectivity index (χ1v) is 15.7. The lowest BCUT2D eigenvalue weighted by Gasteiger charge is -2.73. The molecular formula is C27H44O5Si. The molecule has 1 aliphatic heterocycles. The van der Waals surface area contributed by atoms with Gasteiger partial charge in [-0.15, -0.1) is 0 Å². The maximum Gasteiger partial charge on any atom is 0.320 e.